The first-order chi connectivity index (χ1) is 6.72. The molecule has 1 aliphatic carbocycles. The molecule has 0 aromatic carbocycles. The van der Waals surface area contributed by atoms with E-state index in [2.05, 4.69) is 23.3 Å². The summed E-state index contributed by atoms with van der Waals surface area (Å²) in [4.78, 5) is 21.9. The molecule has 14 heavy (non-hydrogen) atoms. The Bertz CT molecular complexity index is 217. The van der Waals surface area contributed by atoms with E-state index in [1.54, 1.807) is 0 Å². The Labute approximate surface area is 89.2 Å². The van der Waals surface area contributed by atoms with Gasteiger partial charge < -0.3 is 10.6 Å². The van der Waals surface area contributed by atoms with Crippen LogP contribution < -0.4 is 10.6 Å². The number of carbonyl (C=O) groups is 2. The van der Waals surface area contributed by atoms with Crippen molar-refractivity contribution >= 4 is 24.4 Å². The van der Waals surface area contributed by atoms with Crippen molar-refractivity contribution in [3.63, 3.8) is 0 Å². The molecule has 0 unspecified atom stereocenters. The fourth-order valence-corrected chi connectivity index (χ4v) is 1.17. The molecule has 2 N–H and O–H groups in total. The zero-order valence-corrected chi connectivity index (χ0v) is 8.98. The van der Waals surface area contributed by atoms with Gasteiger partial charge in [-0.3, -0.25) is 9.59 Å². The lowest BCUT2D eigenvalue weighted by Crippen LogP contribution is -2.28. The van der Waals surface area contributed by atoms with Crippen molar-refractivity contribution in [2.45, 2.75) is 31.7 Å². The van der Waals surface area contributed by atoms with Gasteiger partial charge in [0.1, 0.15) is 0 Å². The molecule has 0 aromatic rings. The fourth-order valence-electron chi connectivity index (χ4n) is 1.06. The second-order valence-electron chi connectivity index (χ2n) is 3.45. The summed E-state index contributed by atoms with van der Waals surface area (Å²) in [5.74, 6) is 0.206. The Morgan fingerprint density at radius 2 is 2.00 bits per heavy atom. The van der Waals surface area contributed by atoms with Crippen LogP contribution >= 0.6 is 12.6 Å². The molecule has 1 saturated carbocycles. The van der Waals surface area contributed by atoms with E-state index in [-0.39, 0.29) is 17.6 Å². The van der Waals surface area contributed by atoms with Gasteiger partial charge in [-0.2, -0.15) is 12.6 Å². The lowest BCUT2D eigenvalue weighted by Gasteiger charge is -2.04. The molecule has 0 aromatic heterocycles. The molecular weight excluding hydrogens is 200 g/mol. The van der Waals surface area contributed by atoms with Crippen molar-refractivity contribution in [3.8, 4) is 0 Å². The second kappa shape index (κ2) is 5.90. The highest BCUT2D eigenvalue weighted by atomic mass is 32.1. The summed E-state index contributed by atoms with van der Waals surface area (Å²) >= 11 is 3.82. The molecule has 0 saturated heterocycles. The zero-order chi connectivity index (χ0) is 10.4. The van der Waals surface area contributed by atoms with Crippen molar-refractivity contribution in [3.05, 3.63) is 0 Å². The standard InChI is InChI=1S/C9H16N2O2S/c12-8(11-7-3-4-7)2-1-5-10-9(13)6-14/h7,14H,1-6H2,(H,10,13)(H,11,12). The summed E-state index contributed by atoms with van der Waals surface area (Å²) in [6.07, 6.45) is 3.41. The third-order valence-corrected chi connectivity index (χ3v) is 2.28. The Hall–Kier alpha value is -0.710. The number of amides is 2. The van der Waals surface area contributed by atoms with E-state index in [1.807, 2.05) is 0 Å². The van der Waals surface area contributed by atoms with Gasteiger partial charge in [-0.1, -0.05) is 0 Å². The van der Waals surface area contributed by atoms with Gasteiger partial charge in [-0.25, -0.2) is 0 Å². The van der Waals surface area contributed by atoms with E-state index in [9.17, 15) is 9.59 Å². The van der Waals surface area contributed by atoms with E-state index in [4.69, 9.17) is 0 Å². The molecular formula is C9H16N2O2S. The maximum atomic E-state index is 11.2. The average Bonchev–Trinajstić information content (AvgIpc) is 2.95. The highest BCUT2D eigenvalue weighted by Gasteiger charge is 2.22. The average molecular weight is 216 g/mol. The number of rotatable bonds is 6. The van der Waals surface area contributed by atoms with Crippen LogP contribution in [-0.2, 0) is 9.59 Å². The summed E-state index contributed by atoms with van der Waals surface area (Å²) < 4.78 is 0. The largest absolute Gasteiger partial charge is 0.355 e. The minimum atomic E-state index is -0.0871. The number of carbonyl (C=O) groups excluding carboxylic acids is 2. The second-order valence-corrected chi connectivity index (χ2v) is 3.77. The molecule has 0 atom stereocenters. The Morgan fingerprint density at radius 1 is 1.29 bits per heavy atom. The Morgan fingerprint density at radius 3 is 2.57 bits per heavy atom. The summed E-state index contributed by atoms with van der Waals surface area (Å²) in [6, 6.07) is 0.425. The molecule has 0 spiro atoms. The van der Waals surface area contributed by atoms with Crippen LogP contribution in [0.5, 0.6) is 0 Å². The van der Waals surface area contributed by atoms with Crippen LogP contribution in [0.3, 0.4) is 0 Å². The predicted octanol–water partition coefficient (Wildman–Crippen LogP) is 0.0912. The Balaban J connectivity index is 1.91. The molecule has 1 aliphatic rings. The summed E-state index contributed by atoms with van der Waals surface area (Å²) in [5, 5.41) is 5.55. The summed E-state index contributed by atoms with van der Waals surface area (Å²) in [7, 11) is 0. The van der Waals surface area contributed by atoms with Crippen molar-refractivity contribution in [1.82, 2.24) is 10.6 Å². The first-order valence-corrected chi connectivity index (χ1v) is 5.52. The van der Waals surface area contributed by atoms with E-state index in [0.717, 1.165) is 12.8 Å². The quantitative estimate of drug-likeness (QED) is 0.435. The van der Waals surface area contributed by atoms with Crippen molar-refractivity contribution in [1.29, 1.82) is 0 Å². The zero-order valence-electron chi connectivity index (χ0n) is 8.08. The van der Waals surface area contributed by atoms with Crippen LogP contribution in [0.4, 0.5) is 0 Å². The normalized spacial score (nSPS) is 14.9. The lowest BCUT2D eigenvalue weighted by molar-refractivity contribution is -0.122. The molecule has 1 rings (SSSR count). The van der Waals surface area contributed by atoms with E-state index < -0.39 is 0 Å². The number of hydrogen-bond donors (Lipinski definition) is 3. The van der Waals surface area contributed by atoms with Crippen molar-refractivity contribution in [2.24, 2.45) is 0 Å². The third-order valence-electron chi connectivity index (χ3n) is 1.99. The minimum absolute atomic E-state index is 0.0871. The number of hydrogen-bond acceptors (Lipinski definition) is 3. The number of nitrogens with one attached hydrogen (secondary N) is 2. The van der Waals surface area contributed by atoms with Gasteiger partial charge in [0, 0.05) is 19.0 Å². The summed E-state index contributed by atoms with van der Waals surface area (Å²) in [5.41, 5.74) is 0. The van der Waals surface area contributed by atoms with Gasteiger partial charge in [0.2, 0.25) is 11.8 Å². The molecule has 1 fully saturated rings. The van der Waals surface area contributed by atoms with Gasteiger partial charge in [-0.15, -0.1) is 0 Å². The van der Waals surface area contributed by atoms with Crippen LogP contribution in [0.1, 0.15) is 25.7 Å². The van der Waals surface area contributed by atoms with Crippen molar-refractivity contribution < 1.29 is 9.59 Å². The minimum Gasteiger partial charge on any atom is -0.355 e. The molecule has 4 nitrogen and oxygen atoms in total. The first-order valence-electron chi connectivity index (χ1n) is 4.89. The number of thiol groups is 1. The van der Waals surface area contributed by atoms with Gasteiger partial charge in [-0.05, 0) is 19.3 Å². The highest BCUT2D eigenvalue weighted by molar-refractivity contribution is 7.81. The molecule has 0 heterocycles. The van der Waals surface area contributed by atoms with Crippen LogP contribution in [0.2, 0.25) is 0 Å². The maximum absolute atomic E-state index is 11.2. The molecule has 0 aliphatic heterocycles. The maximum Gasteiger partial charge on any atom is 0.229 e. The van der Waals surface area contributed by atoms with Crippen molar-refractivity contribution in [2.75, 3.05) is 12.3 Å². The Kier molecular flexibility index (Phi) is 4.79. The van der Waals surface area contributed by atoms with E-state index >= 15 is 0 Å². The van der Waals surface area contributed by atoms with Crippen LogP contribution in [0, 0.1) is 0 Å². The van der Waals surface area contributed by atoms with Gasteiger partial charge in [0.15, 0.2) is 0 Å². The van der Waals surface area contributed by atoms with E-state index in [1.165, 1.54) is 0 Å². The molecule has 2 amide bonds. The summed E-state index contributed by atoms with van der Waals surface area (Å²) in [6.45, 7) is 0.553. The lowest BCUT2D eigenvalue weighted by atomic mass is 10.3. The molecule has 80 valence electrons. The molecule has 0 bridgehead atoms. The van der Waals surface area contributed by atoms with Crippen LogP contribution in [-0.4, -0.2) is 30.2 Å². The predicted molar refractivity (Wildman–Crippen MR) is 57.3 cm³/mol. The van der Waals surface area contributed by atoms with Crippen LogP contribution in [0.25, 0.3) is 0 Å². The fraction of sp³-hybridized carbons (Fsp3) is 0.778. The van der Waals surface area contributed by atoms with Crippen LogP contribution in [0.15, 0.2) is 0 Å². The van der Waals surface area contributed by atoms with E-state index in [0.29, 0.717) is 25.4 Å². The molecule has 0 radical (unpaired) electrons. The smallest absolute Gasteiger partial charge is 0.229 e. The topological polar surface area (TPSA) is 58.2 Å². The van der Waals surface area contributed by atoms with Gasteiger partial charge in [0.25, 0.3) is 0 Å². The van der Waals surface area contributed by atoms with Gasteiger partial charge >= 0.3 is 0 Å². The SMILES string of the molecule is O=C(CS)NCCCC(=O)NC1CC1. The van der Waals surface area contributed by atoms with Gasteiger partial charge in [0.05, 0.1) is 5.75 Å². The first kappa shape index (κ1) is 11.4. The molecule has 5 heteroatoms. The third kappa shape index (κ3) is 5.11. The monoisotopic (exact) mass is 216 g/mol. The highest BCUT2D eigenvalue weighted by Crippen LogP contribution is 2.18.